The highest BCUT2D eigenvalue weighted by Crippen LogP contribution is 2.36. The first-order chi connectivity index (χ1) is 17.9. The maximum absolute atomic E-state index is 15.8. The number of hydrogen-bond acceptors (Lipinski definition) is 8. The number of halogens is 2. The van der Waals surface area contributed by atoms with Crippen LogP contribution in [0.4, 0.5) is 14.5 Å². The standard InChI is InChI=1S/C25H24F2N10/c1-34-8-10-36(11-9-34)20-14-28-23(29-15-20)17-4-3-5-19(12-17)25(26,27)24-32-31-22-7-6-21(33-37(22)24)18-13-30-35(2)16-18/h3-7,12-16H,8-11H2,1-2H3. The van der Waals surface area contributed by atoms with E-state index in [1.807, 2.05) is 0 Å². The second-order valence-corrected chi connectivity index (χ2v) is 9.13. The number of anilines is 1. The topological polar surface area (TPSA) is 93.2 Å². The van der Waals surface area contributed by atoms with Crippen molar-refractivity contribution in [2.45, 2.75) is 5.92 Å². The minimum absolute atomic E-state index is 0.223. The Kier molecular flexibility index (Phi) is 5.60. The van der Waals surface area contributed by atoms with E-state index in [0.29, 0.717) is 22.6 Å². The predicted molar refractivity (Wildman–Crippen MR) is 133 cm³/mol. The quantitative estimate of drug-likeness (QED) is 0.362. The molecule has 12 heteroatoms. The van der Waals surface area contributed by atoms with Crippen molar-refractivity contribution < 1.29 is 8.78 Å². The van der Waals surface area contributed by atoms with Crippen molar-refractivity contribution in [3.8, 4) is 22.6 Å². The molecule has 1 saturated heterocycles. The lowest BCUT2D eigenvalue weighted by Gasteiger charge is -2.33. The molecule has 0 radical (unpaired) electrons. The monoisotopic (exact) mass is 502 g/mol. The molecular formula is C25H24F2N10. The summed E-state index contributed by atoms with van der Waals surface area (Å²) in [6.45, 7) is 3.72. The smallest absolute Gasteiger partial charge is 0.333 e. The summed E-state index contributed by atoms with van der Waals surface area (Å²) < 4.78 is 34.3. The van der Waals surface area contributed by atoms with Gasteiger partial charge in [0, 0.05) is 56.1 Å². The number of alkyl halides is 2. The molecule has 188 valence electrons. The van der Waals surface area contributed by atoms with Gasteiger partial charge in [-0.05, 0) is 25.2 Å². The highest BCUT2D eigenvalue weighted by molar-refractivity contribution is 5.60. The van der Waals surface area contributed by atoms with E-state index < -0.39 is 11.7 Å². The van der Waals surface area contributed by atoms with Crippen LogP contribution < -0.4 is 4.90 Å². The van der Waals surface area contributed by atoms with E-state index in [1.165, 1.54) is 12.1 Å². The fourth-order valence-corrected chi connectivity index (χ4v) is 4.37. The van der Waals surface area contributed by atoms with Crippen LogP contribution in [0.3, 0.4) is 0 Å². The first kappa shape index (κ1) is 23.1. The first-order valence-electron chi connectivity index (χ1n) is 11.8. The molecule has 4 aromatic heterocycles. The van der Waals surface area contributed by atoms with E-state index in [2.05, 4.69) is 47.2 Å². The number of fused-ring (bicyclic) bond motifs is 1. The Morgan fingerprint density at radius 2 is 1.65 bits per heavy atom. The number of likely N-dealkylation sites (N-methyl/N-ethyl adjacent to an activating group) is 1. The summed E-state index contributed by atoms with van der Waals surface area (Å²) in [5, 5.41) is 16.2. The van der Waals surface area contributed by atoms with Gasteiger partial charge in [0.25, 0.3) is 0 Å². The fourth-order valence-electron chi connectivity index (χ4n) is 4.37. The van der Waals surface area contributed by atoms with Crippen LogP contribution in [0.1, 0.15) is 11.4 Å². The molecule has 5 heterocycles. The predicted octanol–water partition coefficient (Wildman–Crippen LogP) is 2.87. The molecule has 5 aromatic rings. The van der Waals surface area contributed by atoms with Crippen LogP contribution in [0.15, 0.2) is 61.2 Å². The third-order valence-electron chi connectivity index (χ3n) is 6.53. The van der Waals surface area contributed by atoms with Crippen molar-refractivity contribution in [2.75, 3.05) is 38.1 Å². The molecular weight excluding hydrogens is 478 g/mol. The number of benzene rings is 1. The van der Waals surface area contributed by atoms with E-state index in [0.717, 1.165) is 36.4 Å². The molecule has 6 rings (SSSR count). The van der Waals surface area contributed by atoms with Gasteiger partial charge in [-0.2, -0.15) is 23.5 Å². The Bertz CT molecular complexity index is 1550. The Morgan fingerprint density at radius 3 is 2.38 bits per heavy atom. The third-order valence-corrected chi connectivity index (χ3v) is 6.53. The van der Waals surface area contributed by atoms with Crippen LogP contribution in [0.5, 0.6) is 0 Å². The Balaban J connectivity index is 1.31. The molecule has 37 heavy (non-hydrogen) atoms. The normalized spacial score (nSPS) is 15.0. The third kappa shape index (κ3) is 4.29. The van der Waals surface area contributed by atoms with Crippen molar-refractivity contribution in [2.24, 2.45) is 7.05 Å². The summed E-state index contributed by atoms with van der Waals surface area (Å²) in [7, 11) is 3.87. The van der Waals surface area contributed by atoms with Gasteiger partial charge in [-0.15, -0.1) is 10.2 Å². The van der Waals surface area contributed by atoms with Crippen molar-refractivity contribution >= 4 is 11.3 Å². The summed E-state index contributed by atoms with van der Waals surface area (Å²) in [4.78, 5) is 13.4. The number of piperazine rings is 1. The maximum Gasteiger partial charge on any atom is 0.333 e. The second kappa shape index (κ2) is 8.96. The lowest BCUT2D eigenvalue weighted by atomic mass is 10.0. The number of aryl methyl sites for hydroxylation is 1. The van der Waals surface area contributed by atoms with Gasteiger partial charge in [0.15, 0.2) is 11.5 Å². The van der Waals surface area contributed by atoms with E-state index >= 15 is 8.78 Å². The van der Waals surface area contributed by atoms with E-state index in [9.17, 15) is 0 Å². The average Bonchev–Trinajstić information content (AvgIpc) is 3.55. The molecule has 0 saturated carbocycles. The van der Waals surface area contributed by atoms with Crippen LogP contribution in [0.2, 0.25) is 0 Å². The molecule has 0 spiro atoms. The van der Waals surface area contributed by atoms with Crippen LogP contribution in [0.25, 0.3) is 28.3 Å². The van der Waals surface area contributed by atoms with Crippen LogP contribution in [-0.2, 0) is 13.0 Å². The first-order valence-corrected chi connectivity index (χ1v) is 11.8. The van der Waals surface area contributed by atoms with Crippen LogP contribution >= 0.6 is 0 Å². The highest BCUT2D eigenvalue weighted by Gasteiger charge is 2.40. The van der Waals surface area contributed by atoms with Gasteiger partial charge in [-0.25, -0.2) is 9.97 Å². The molecule has 0 unspecified atom stereocenters. The zero-order valence-corrected chi connectivity index (χ0v) is 20.3. The molecule has 0 N–H and O–H groups in total. The molecule has 1 aliphatic heterocycles. The fraction of sp³-hybridized carbons (Fsp3) is 0.280. The van der Waals surface area contributed by atoms with Gasteiger partial charge in [-0.3, -0.25) is 4.68 Å². The lowest BCUT2D eigenvalue weighted by Crippen LogP contribution is -2.44. The molecule has 1 aliphatic rings. The highest BCUT2D eigenvalue weighted by atomic mass is 19.3. The van der Waals surface area contributed by atoms with E-state index in [1.54, 1.807) is 60.8 Å². The van der Waals surface area contributed by atoms with E-state index in [4.69, 9.17) is 0 Å². The SMILES string of the molecule is CN1CCN(c2cnc(-c3cccc(C(F)(F)c4nnc5ccc(-c6cnn(C)c6)nn45)c3)nc2)CC1. The molecule has 10 nitrogen and oxygen atoms in total. The molecule has 0 bridgehead atoms. The largest absolute Gasteiger partial charge is 0.366 e. The molecule has 1 aromatic carbocycles. The number of nitrogens with zero attached hydrogens (tertiary/aromatic N) is 10. The van der Waals surface area contributed by atoms with E-state index in [-0.39, 0.29) is 11.2 Å². The summed E-state index contributed by atoms with van der Waals surface area (Å²) in [6.07, 6.45) is 6.87. The Hall–Kier alpha value is -4.32. The van der Waals surface area contributed by atoms with Gasteiger partial charge >= 0.3 is 5.92 Å². The zero-order chi connectivity index (χ0) is 25.6. The number of aromatic nitrogens is 8. The summed E-state index contributed by atoms with van der Waals surface area (Å²) in [5.41, 5.74) is 2.57. The zero-order valence-electron chi connectivity index (χ0n) is 20.3. The Labute approximate surface area is 211 Å². The molecule has 1 fully saturated rings. The van der Waals surface area contributed by atoms with Gasteiger partial charge in [0.1, 0.15) is 0 Å². The summed E-state index contributed by atoms with van der Waals surface area (Å²) in [6, 6.07) is 9.32. The molecule has 0 atom stereocenters. The van der Waals surface area contributed by atoms with Crippen molar-refractivity contribution in [3.63, 3.8) is 0 Å². The summed E-state index contributed by atoms with van der Waals surface area (Å²) in [5.74, 6) is -3.66. The van der Waals surface area contributed by atoms with Gasteiger partial charge in [-0.1, -0.05) is 18.2 Å². The second-order valence-electron chi connectivity index (χ2n) is 9.13. The van der Waals surface area contributed by atoms with Crippen LogP contribution in [-0.4, -0.2) is 77.7 Å². The van der Waals surface area contributed by atoms with Crippen molar-refractivity contribution in [1.29, 1.82) is 0 Å². The number of hydrogen-bond donors (Lipinski definition) is 0. The minimum atomic E-state index is -3.46. The van der Waals surface area contributed by atoms with Gasteiger partial charge < -0.3 is 9.80 Å². The van der Waals surface area contributed by atoms with Gasteiger partial charge in [0.2, 0.25) is 5.82 Å². The molecule has 0 amide bonds. The molecule has 0 aliphatic carbocycles. The Morgan fingerprint density at radius 1 is 0.865 bits per heavy atom. The number of rotatable bonds is 5. The summed E-state index contributed by atoms with van der Waals surface area (Å²) >= 11 is 0. The minimum Gasteiger partial charge on any atom is -0.366 e. The average molecular weight is 503 g/mol. The van der Waals surface area contributed by atoms with Crippen molar-refractivity contribution in [1.82, 2.24) is 44.5 Å². The van der Waals surface area contributed by atoms with Crippen molar-refractivity contribution in [3.05, 3.63) is 72.6 Å². The lowest BCUT2D eigenvalue weighted by molar-refractivity contribution is 0.0307. The maximum atomic E-state index is 15.8. The van der Waals surface area contributed by atoms with Crippen LogP contribution in [0, 0.1) is 0 Å². The van der Waals surface area contributed by atoms with Gasteiger partial charge in [0.05, 0.1) is 30.0 Å².